The van der Waals surface area contributed by atoms with E-state index < -0.39 is 0 Å². The summed E-state index contributed by atoms with van der Waals surface area (Å²) in [5.41, 5.74) is 15.4. The second-order valence-electron chi connectivity index (χ2n) is 13.6. The highest BCUT2D eigenvalue weighted by molar-refractivity contribution is 6.12. The molecule has 9 aromatic rings. The van der Waals surface area contributed by atoms with E-state index in [1.54, 1.807) is 0 Å². The van der Waals surface area contributed by atoms with Crippen molar-refractivity contribution in [3.8, 4) is 73.7 Å². The van der Waals surface area contributed by atoms with Gasteiger partial charge in [0.15, 0.2) is 5.82 Å². The van der Waals surface area contributed by atoms with E-state index in [0.717, 1.165) is 63.2 Å². The minimum Gasteiger partial charge on any atom is -0.308 e. The Labute approximate surface area is 308 Å². The number of aromatic nitrogens is 3. The lowest BCUT2D eigenvalue weighted by molar-refractivity contribution is 1.01. The topological polar surface area (TPSA) is 30.7 Å². The standard InChI is InChI=1S/C50H33N3/c1-5-15-34(16-6-1)40-29-41(35-17-7-2-8-18-35)31-42(30-40)53-48-28-26-39(32-45(48)44-27-25-36-19-13-14-24-43(36)49(44)53)47-33-46(37-20-9-3-10-21-37)51-50(52-47)38-22-11-4-12-23-38/h1-12,15-18,20-23,25-33H,13,19H2. The summed E-state index contributed by atoms with van der Waals surface area (Å²) in [6.07, 6.45) is 1.83. The Hall–Kier alpha value is -7.02. The van der Waals surface area contributed by atoms with Gasteiger partial charge in [0.1, 0.15) is 0 Å². The Balaban J connectivity index is 1.24. The zero-order valence-corrected chi connectivity index (χ0v) is 29.0. The molecule has 53 heavy (non-hydrogen) atoms. The van der Waals surface area contributed by atoms with Crippen molar-refractivity contribution < 1.29 is 0 Å². The summed E-state index contributed by atoms with van der Waals surface area (Å²) in [6, 6.07) is 62.4. The normalized spacial score (nSPS) is 12.0. The third-order valence-electron chi connectivity index (χ3n) is 10.3. The van der Waals surface area contributed by atoms with Crippen molar-refractivity contribution in [1.82, 2.24) is 14.5 Å². The summed E-state index contributed by atoms with van der Waals surface area (Å²) in [7, 11) is 0. The lowest BCUT2D eigenvalue weighted by Gasteiger charge is -2.16. The Morgan fingerprint density at radius 1 is 0.453 bits per heavy atom. The smallest absolute Gasteiger partial charge is 0.160 e. The van der Waals surface area contributed by atoms with Gasteiger partial charge in [-0.15, -0.1) is 0 Å². The Bertz CT molecular complexity index is 2750. The first-order chi connectivity index (χ1) is 26.3. The largest absolute Gasteiger partial charge is 0.308 e. The molecular weight excluding hydrogens is 643 g/mol. The zero-order chi connectivity index (χ0) is 35.1. The average Bonchev–Trinajstić information content (AvgIpc) is 3.59. The molecule has 0 N–H and O–H groups in total. The Morgan fingerprint density at radius 3 is 1.68 bits per heavy atom. The Kier molecular flexibility index (Phi) is 7.52. The number of hydrogen-bond acceptors (Lipinski definition) is 2. The fraction of sp³-hybridized carbons (Fsp3) is 0.0400. The van der Waals surface area contributed by atoms with Gasteiger partial charge in [-0.2, -0.15) is 0 Å². The first-order valence-electron chi connectivity index (χ1n) is 18.1. The second kappa shape index (κ2) is 12.9. The first kappa shape index (κ1) is 30.8. The number of hydrogen-bond donors (Lipinski definition) is 0. The van der Waals surface area contributed by atoms with Crippen LogP contribution < -0.4 is 0 Å². The summed E-state index contributed by atoms with van der Waals surface area (Å²) >= 11 is 0. The molecular formula is C50H33N3. The monoisotopic (exact) mass is 675 g/mol. The van der Waals surface area contributed by atoms with Gasteiger partial charge < -0.3 is 4.57 Å². The van der Waals surface area contributed by atoms with E-state index in [1.807, 2.05) is 24.3 Å². The van der Waals surface area contributed by atoms with Crippen LogP contribution in [-0.4, -0.2) is 14.5 Å². The molecule has 0 bridgehead atoms. The fourth-order valence-electron chi connectivity index (χ4n) is 7.68. The molecule has 0 aliphatic heterocycles. The van der Waals surface area contributed by atoms with Crippen LogP contribution in [0.5, 0.6) is 0 Å². The minimum atomic E-state index is 0.708. The maximum Gasteiger partial charge on any atom is 0.160 e. The van der Waals surface area contributed by atoms with Crippen LogP contribution in [0.4, 0.5) is 0 Å². The van der Waals surface area contributed by atoms with Gasteiger partial charge in [-0.05, 0) is 70.6 Å². The fourth-order valence-corrected chi connectivity index (χ4v) is 7.68. The lowest BCUT2D eigenvalue weighted by atomic mass is 9.95. The predicted octanol–water partition coefficient (Wildman–Crippen LogP) is 12.2. The van der Waals surface area contributed by atoms with E-state index in [-0.39, 0.29) is 0 Å². The third kappa shape index (κ3) is 5.58. The van der Waals surface area contributed by atoms with Gasteiger partial charge in [0.25, 0.3) is 0 Å². The van der Waals surface area contributed by atoms with Gasteiger partial charge >= 0.3 is 0 Å². The van der Waals surface area contributed by atoms with Crippen molar-refractivity contribution in [1.29, 1.82) is 0 Å². The van der Waals surface area contributed by atoms with Gasteiger partial charge in [0, 0.05) is 39.6 Å². The van der Waals surface area contributed by atoms with E-state index in [4.69, 9.17) is 9.97 Å². The average molecular weight is 676 g/mol. The van der Waals surface area contributed by atoms with Crippen LogP contribution in [0, 0.1) is 11.8 Å². The van der Waals surface area contributed by atoms with Crippen LogP contribution in [0.25, 0.3) is 83.6 Å². The highest BCUT2D eigenvalue weighted by Crippen LogP contribution is 2.40. The van der Waals surface area contributed by atoms with Gasteiger partial charge in [-0.1, -0.05) is 151 Å². The molecule has 0 spiro atoms. The van der Waals surface area contributed by atoms with Crippen molar-refractivity contribution in [3.63, 3.8) is 0 Å². The van der Waals surface area contributed by atoms with E-state index >= 15 is 0 Å². The van der Waals surface area contributed by atoms with Crippen LogP contribution in [0.2, 0.25) is 0 Å². The molecule has 10 rings (SSSR count). The Morgan fingerprint density at radius 2 is 1.04 bits per heavy atom. The summed E-state index contributed by atoms with van der Waals surface area (Å²) < 4.78 is 2.44. The van der Waals surface area contributed by atoms with Crippen molar-refractivity contribution in [2.24, 2.45) is 0 Å². The molecule has 7 aromatic carbocycles. The summed E-state index contributed by atoms with van der Waals surface area (Å²) in [4.78, 5) is 10.2. The van der Waals surface area contributed by atoms with Gasteiger partial charge in [0.2, 0.25) is 0 Å². The maximum atomic E-state index is 5.17. The minimum absolute atomic E-state index is 0.708. The predicted molar refractivity (Wildman–Crippen MR) is 219 cm³/mol. The molecule has 2 aromatic heterocycles. The molecule has 0 amide bonds. The first-order valence-corrected chi connectivity index (χ1v) is 18.1. The summed E-state index contributed by atoms with van der Waals surface area (Å²) in [5.74, 6) is 7.71. The van der Waals surface area contributed by atoms with Crippen LogP contribution in [-0.2, 0) is 6.42 Å². The molecule has 0 radical (unpaired) electrons. The number of nitrogens with zero attached hydrogens (tertiary/aromatic N) is 3. The molecule has 248 valence electrons. The highest BCUT2D eigenvalue weighted by atomic mass is 15.0. The maximum absolute atomic E-state index is 5.17. The molecule has 2 heterocycles. The second-order valence-corrected chi connectivity index (χ2v) is 13.6. The van der Waals surface area contributed by atoms with Crippen LogP contribution in [0.15, 0.2) is 176 Å². The molecule has 1 aliphatic rings. The molecule has 0 fully saturated rings. The lowest BCUT2D eigenvalue weighted by Crippen LogP contribution is -2.01. The molecule has 3 nitrogen and oxygen atoms in total. The van der Waals surface area contributed by atoms with E-state index in [0.29, 0.717) is 5.82 Å². The van der Waals surface area contributed by atoms with Crippen LogP contribution in [0.3, 0.4) is 0 Å². The van der Waals surface area contributed by atoms with Crippen molar-refractivity contribution >= 4 is 21.8 Å². The van der Waals surface area contributed by atoms with E-state index in [9.17, 15) is 0 Å². The molecule has 0 saturated carbocycles. The molecule has 1 aliphatic carbocycles. The SMILES string of the molecule is C1#Cc2c(ccc3c4cc(-c5cc(-c6ccccc6)nc(-c6ccccc6)n5)ccc4n(-c4cc(-c5ccccc5)cc(-c5ccccc5)c4)c23)CC1. The van der Waals surface area contributed by atoms with Gasteiger partial charge in [0.05, 0.1) is 28.0 Å². The number of fused-ring (bicyclic) bond motifs is 5. The third-order valence-corrected chi connectivity index (χ3v) is 10.3. The number of rotatable bonds is 6. The summed E-state index contributed by atoms with van der Waals surface area (Å²) in [5, 5.41) is 2.35. The highest BCUT2D eigenvalue weighted by Gasteiger charge is 2.21. The van der Waals surface area contributed by atoms with Crippen LogP contribution in [0.1, 0.15) is 17.5 Å². The number of aryl methyl sites for hydroxylation is 1. The van der Waals surface area contributed by atoms with E-state index in [2.05, 4.69) is 168 Å². The van der Waals surface area contributed by atoms with Gasteiger partial charge in [-0.25, -0.2) is 9.97 Å². The van der Waals surface area contributed by atoms with Crippen molar-refractivity contribution in [2.75, 3.05) is 0 Å². The van der Waals surface area contributed by atoms with Gasteiger partial charge in [-0.3, -0.25) is 0 Å². The van der Waals surface area contributed by atoms with E-state index in [1.165, 1.54) is 38.6 Å². The number of benzene rings is 7. The van der Waals surface area contributed by atoms with Crippen molar-refractivity contribution in [3.05, 3.63) is 187 Å². The molecule has 0 unspecified atom stereocenters. The van der Waals surface area contributed by atoms with Crippen LogP contribution >= 0.6 is 0 Å². The quantitative estimate of drug-likeness (QED) is 0.164. The molecule has 0 atom stereocenters. The zero-order valence-electron chi connectivity index (χ0n) is 29.0. The van der Waals surface area contributed by atoms with Crippen molar-refractivity contribution in [2.45, 2.75) is 12.8 Å². The molecule has 3 heteroatoms. The molecule has 0 saturated heterocycles. The summed E-state index contributed by atoms with van der Waals surface area (Å²) in [6.45, 7) is 0.